The van der Waals surface area contributed by atoms with Crippen LogP contribution in [0.5, 0.6) is 11.5 Å². The molecule has 0 unspecified atom stereocenters. The van der Waals surface area contributed by atoms with Gasteiger partial charge in [0.1, 0.15) is 11.7 Å². The Hall–Kier alpha value is -2.44. The SMILES string of the molecule is COc1cc2c(cc1O)[C@H](CCO)C#C[C@H]([C@H](O)CCC[C@H](CCCO)[C@@H]1CN[C@@H]3CC(=O)CC[C@@H]3C1)C(=O)CC2. The molecule has 1 aromatic carbocycles. The lowest BCUT2D eigenvalue weighted by Gasteiger charge is -2.42. The van der Waals surface area contributed by atoms with Crippen LogP contribution in [0.2, 0.25) is 0 Å². The van der Waals surface area contributed by atoms with Crippen molar-refractivity contribution in [3.8, 4) is 23.3 Å². The van der Waals surface area contributed by atoms with Crippen LogP contribution < -0.4 is 10.1 Å². The van der Waals surface area contributed by atoms with Gasteiger partial charge in [0.05, 0.1) is 13.2 Å². The van der Waals surface area contributed by atoms with Crippen LogP contribution in [-0.4, -0.2) is 71.0 Å². The van der Waals surface area contributed by atoms with Crippen molar-refractivity contribution < 1.29 is 34.8 Å². The van der Waals surface area contributed by atoms with Gasteiger partial charge in [-0.25, -0.2) is 0 Å². The first-order valence-corrected chi connectivity index (χ1v) is 15.4. The van der Waals surface area contributed by atoms with E-state index < -0.39 is 12.0 Å². The van der Waals surface area contributed by atoms with Crippen LogP contribution in [0.1, 0.15) is 87.7 Å². The fraction of sp³-hybridized carbons (Fsp3) is 0.697. The fourth-order valence-electron chi connectivity index (χ4n) is 7.20. The lowest BCUT2D eigenvalue weighted by molar-refractivity contribution is -0.124. The van der Waals surface area contributed by atoms with Gasteiger partial charge < -0.3 is 30.5 Å². The summed E-state index contributed by atoms with van der Waals surface area (Å²) in [6, 6.07) is 3.65. The van der Waals surface area contributed by atoms with E-state index in [0.717, 1.165) is 56.2 Å². The third-order valence-corrected chi connectivity index (χ3v) is 9.55. The molecule has 5 N–H and O–H groups in total. The van der Waals surface area contributed by atoms with Gasteiger partial charge >= 0.3 is 0 Å². The minimum Gasteiger partial charge on any atom is -0.504 e. The molecule has 226 valence electrons. The number of phenols is 1. The number of aliphatic hydroxyl groups is 3. The number of aryl methyl sites for hydroxylation is 1. The maximum atomic E-state index is 13.2. The summed E-state index contributed by atoms with van der Waals surface area (Å²) >= 11 is 0. The van der Waals surface area contributed by atoms with Gasteiger partial charge in [0.15, 0.2) is 17.3 Å². The molecule has 1 aromatic rings. The van der Waals surface area contributed by atoms with Crippen LogP contribution in [0.3, 0.4) is 0 Å². The van der Waals surface area contributed by atoms with Crippen molar-refractivity contribution in [2.24, 2.45) is 23.7 Å². The van der Waals surface area contributed by atoms with Crippen molar-refractivity contribution in [3.05, 3.63) is 23.3 Å². The molecule has 7 atom stereocenters. The number of ketones is 2. The number of fused-ring (bicyclic) bond motifs is 2. The molecule has 1 saturated heterocycles. The zero-order valence-electron chi connectivity index (χ0n) is 24.3. The summed E-state index contributed by atoms with van der Waals surface area (Å²) in [7, 11) is 1.48. The Kier molecular flexibility index (Phi) is 11.6. The van der Waals surface area contributed by atoms with E-state index >= 15 is 0 Å². The molecular formula is C33H47NO7. The number of carbonyl (C=O) groups is 2. The molecule has 1 aliphatic heterocycles. The molecule has 1 saturated carbocycles. The molecule has 0 aromatic heterocycles. The maximum absolute atomic E-state index is 13.2. The lowest BCUT2D eigenvalue weighted by Crippen LogP contribution is -2.50. The summed E-state index contributed by atoms with van der Waals surface area (Å²) in [6.45, 7) is 0.954. The number of hydrogen-bond donors (Lipinski definition) is 5. The molecule has 2 fully saturated rings. The number of nitrogens with one attached hydrogen (secondary N) is 1. The number of ether oxygens (including phenoxy) is 1. The van der Waals surface area contributed by atoms with Gasteiger partial charge in [-0.1, -0.05) is 24.7 Å². The number of Topliss-reactive ketones (excluding diaryl/α,β-unsaturated/α-hetero) is 2. The Balaban J connectivity index is 1.40. The highest BCUT2D eigenvalue weighted by atomic mass is 16.5. The average molecular weight is 570 g/mol. The highest BCUT2D eigenvalue weighted by Crippen LogP contribution is 2.38. The van der Waals surface area contributed by atoms with Crippen LogP contribution in [-0.2, 0) is 16.0 Å². The van der Waals surface area contributed by atoms with Crippen LogP contribution in [0.15, 0.2) is 12.1 Å². The number of phenolic OH excluding ortho intramolecular Hbond substituents is 1. The number of hydrogen-bond acceptors (Lipinski definition) is 8. The third-order valence-electron chi connectivity index (χ3n) is 9.55. The van der Waals surface area contributed by atoms with Gasteiger partial charge in [0.25, 0.3) is 0 Å². The molecule has 8 nitrogen and oxygen atoms in total. The Labute approximate surface area is 243 Å². The number of piperidine rings is 1. The molecule has 0 radical (unpaired) electrons. The zero-order valence-corrected chi connectivity index (χ0v) is 24.3. The van der Waals surface area contributed by atoms with Crippen molar-refractivity contribution in [1.82, 2.24) is 5.32 Å². The standard InChI is InChI=1S/C33H47NO7/c1-41-33-17-23-9-12-31(39)27(11-8-22(13-15-36)28(23)19-32(33)40)30(38)6-2-4-21(5-3-14-35)25-16-24-7-10-26(37)18-29(24)34-20-25/h17,19,21-22,24-25,27,29-30,34-36,38,40H,2-7,9-10,12-16,18,20H2,1H3/t21-,22+,24-,25+,27-,29-,30-/m1/s1. The molecule has 1 heterocycles. The number of aromatic hydroxyl groups is 1. The van der Waals surface area contributed by atoms with E-state index in [-0.39, 0.29) is 37.1 Å². The van der Waals surface area contributed by atoms with Crippen molar-refractivity contribution in [2.75, 3.05) is 26.9 Å². The summed E-state index contributed by atoms with van der Waals surface area (Å²) in [5.74, 6) is 7.05. The third kappa shape index (κ3) is 8.10. The van der Waals surface area contributed by atoms with Crippen molar-refractivity contribution in [3.63, 3.8) is 0 Å². The Morgan fingerprint density at radius 2 is 1.85 bits per heavy atom. The van der Waals surface area contributed by atoms with E-state index in [0.29, 0.717) is 67.4 Å². The molecule has 3 aliphatic rings. The number of benzene rings is 1. The van der Waals surface area contributed by atoms with Crippen LogP contribution in [0, 0.1) is 35.5 Å². The molecule has 0 spiro atoms. The first-order valence-electron chi connectivity index (χ1n) is 15.4. The molecule has 2 aliphatic carbocycles. The Morgan fingerprint density at radius 3 is 2.61 bits per heavy atom. The van der Waals surface area contributed by atoms with Crippen LogP contribution >= 0.6 is 0 Å². The van der Waals surface area contributed by atoms with Gasteiger partial charge in [-0.3, -0.25) is 9.59 Å². The van der Waals surface area contributed by atoms with Gasteiger partial charge in [0.2, 0.25) is 0 Å². The highest BCUT2D eigenvalue weighted by molar-refractivity contribution is 5.85. The van der Waals surface area contributed by atoms with E-state index in [9.17, 15) is 30.0 Å². The Bertz CT molecular complexity index is 1110. The van der Waals surface area contributed by atoms with Crippen molar-refractivity contribution in [2.45, 2.75) is 95.1 Å². The average Bonchev–Trinajstić information content (AvgIpc) is 3.02. The predicted octanol–water partition coefficient (Wildman–Crippen LogP) is 3.27. The summed E-state index contributed by atoms with van der Waals surface area (Å²) in [6.07, 6.45) is 7.32. The minimum absolute atomic E-state index is 0.00503. The second kappa shape index (κ2) is 15.2. The van der Waals surface area contributed by atoms with E-state index in [4.69, 9.17) is 4.74 Å². The number of carbonyl (C=O) groups excluding carboxylic acids is 2. The summed E-state index contributed by atoms with van der Waals surface area (Å²) in [5.41, 5.74) is 1.64. The molecular weight excluding hydrogens is 522 g/mol. The van der Waals surface area contributed by atoms with E-state index in [1.165, 1.54) is 7.11 Å². The first kappa shape index (κ1) is 31.5. The number of rotatable bonds is 12. The topological polar surface area (TPSA) is 136 Å². The molecule has 0 bridgehead atoms. The molecule has 4 rings (SSSR count). The number of methoxy groups -OCH3 is 1. The van der Waals surface area contributed by atoms with Gasteiger partial charge in [0, 0.05) is 44.4 Å². The lowest BCUT2D eigenvalue weighted by atomic mass is 9.70. The normalized spacial score (nSPS) is 27.8. The first-order chi connectivity index (χ1) is 19.8. The summed E-state index contributed by atoms with van der Waals surface area (Å²) in [5, 5.41) is 44.3. The van der Waals surface area contributed by atoms with Crippen LogP contribution in [0.4, 0.5) is 0 Å². The van der Waals surface area contributed by atoms with Crippen molar-refractivity contribution in [1.29, 1.82) is 0 Å². The van der Waals surface area contributed by atoms with Crippen LogP contribution in [0.25, 0.3) is 0 Å². The van der Waals surface area contributed by atoms with Gasteiger partial charge in [-0.2, -0.15) is 0 Å². The molecule has 8 heteroatoms. The molecule has 0 amide bonds. The summed E-state index contributed by atoms with van der Waals surface area (Å²) in [4.78, 5) is 25.1. The van der Waals surface area contributed by atoms with Gasteiger partial charge in [-0.15, -0.1) is 0 Å². The largest absolute Gasteiger partial charge is 0.504 e. The van der Waals surface area contributed by atoms with E-state index in [1.54, 1.807) is 12.1 Å². The van der Waals surface area contributed by atoms with Crippen molar-refractivity contribution >= 4 is 11.6 Å². The quantitative estimate of drug-likeness (QED) is 0.242. The second-order valence-electron chi connectivity index (χ2n) is 12.2. The van der Waals surface area contributed by atoms with E-state index in [2.05, 4.69) is 17.2 Å². The smallest absolute Gasteiger partial charge is 0.160 e. The molecule has 41 heavy (non-hydrogen) atoms. The maximum Gasteiger partial charge on any atom is 0.160 e. The second-order valence-corrected chi connectivity index (χ2v) is 12.2. The fourth-order valence-corrected chi connectivity index (χ4v) is 7.20. The monoisotopic (exact) mass is 569 g/mol. The minimum atomic E-state index is -0.884. The summed E-state index contributed by atoms with van der Waals surface area (Å²) < 4.78 is 5.27. The van der Waals surface area contributed by atoms with E-state index in [1.807, 2.05) is 0 Å². The highest BCUT2D eigenvalue weighted by Gasteiger charge is 2.37. The predicted molar refractivity (Wildman–Crippen MR) is 156 cm³/mol. The number of aliphatic hydroxyl groups excluding tert-OH is 3. The Morgan fingerprint density at radius 1 is 1.05 bits per heavy atom. The zero-order chi connectivity index (χ0) is 29.4. The van der Waals surface area contributed by atoms with Gasteiger partial charge in [-0.05, 0) is 92.5 Å².